The fraction of sp³-hybridized carbons (Fsp3) is 0.522. The third kappa shape index (κ3) is 7.08. The maximum Gasteiger partial charge on any atom is 0.222 e. The minimum absolute atomic E-state index is 0.00269. The van der Waals surface area contributed by atoms with Crippen LogP contribution in [0.5, 0.6) is 5.75 Å². The molecule has 170 valence electrons. The average molecular weight is 435 g/mol. The lowest BCUT2D eigenvalue weighted by molar-refractivity contribution is -0.130. The van der Waals surface area contributed by atoms with Crippen molar-refractivity contribution in [1.29, 1.82) is 0 Å². The van der Waals surface area contributed by atoms with Crippen molar-refractivity contribution in [3.63, 3.8) is 0 Å². The third-order valence-corrected chi connectivity index (χ3v) is 5.04. The van der Waals surface area contributed by atoms with Crippen LogP contribution in [0.3, 0.4) is 0 Å². The Morgan fingerprint density at radius 3 is 2.52 bits per heavy atom. The van der Waals surface area contributed by atoms with Gasteiger partial charge in [0.25, 0.3) is 0 Å². The smallest absolute Gasteiger partial charge is 0.222 e. The number of aliphatic hydroxyl groups excluding tert-OH is 1. The number of Topliss-reactive ketones (excluding diaryl/α,β-unsaturated/α-hetero) is 1. The number of halogens is 1. The van der Waals surface area contributed by atoms with Gasteiger partial charge < -0.3 is 19.6 Å². The van der Waals surface area contributed by atoms with E-state index in [4.69, 9.17) is 9.57 Å². The van der Waals surface area contributed by atoms with Crippen molar-refractivity contribution in [2.24, 2.45) is 11.1 Å². The Morgan fingerprint density at radius 1 is 1.26 bits per heavy atom. The SMILES string of the molecule is CCC(=O)N(C)CC1CC(=O)C(C(CC)=NOCC(C)Oc2ccc(F)cc2)=C(O)C1. The number of carbonyl (C=O) groups is 2. The fourth-order valence-electron chi connectivity index (χ4n) is 3.48. The molecule has 2 rings (SSSR count). The number of allylic oxidation sites excluding steroid dienone is 2. The highest BCUT2D eigenvalue weighted by molar-refractivity contribution is 6.22. The van der Waals surface area contributed by atoms with Crippen LogP contribution in [0.25, 0.3) is 0 Å². The molecule has 0 heterocycles. The number of benzene rings is 1. The van der Waals surface area contributed by atoms with E-state index in [1.165, 1.54) is 24.3 Å². The van der Waals surface area contributed by atoms with E-state index in [0.717, 1.165) is 0 Å². The van der Waals surface area contributed by atoms with Gasteiger partial charge in [0.2, 0.25) is 5.91 Å². The Kier molecular flexibility index (Phi) is 9.03. The van der Waals surface area contributed by atoms with E-state index in [1.807, 2.05) is 6.92 Å². The summed E-state index contributed by atoms with van der Waals surface area (Å²) in [5, 5.41) is 14.6. The molecule has 0 saturated heterocycles. The Morgan fingerprint density at radius 2 is 1.94 bits per heavy atom. The van der Waals surface area contributed by atoms with Gasteiger partial charge in [-0.25, -0.2) is 4.39 Å². The van der Waals surface area contributed by atoms with Crippen LogP contribution < -0.4 is 4.74 Å². The Balaban J connectivity index is 1.97. The van der Waals surface area contributed by atoms with Gasteiger partial charge in [-0.2, -0.15) is 0 Å². The first-order valence-corrected chi connectivity index (χ1v) is 10.6. The Labute approximate surface area is 182 Å². The van der Waals surface area contributed by atoms with Crippen molar-refractivity contribution in [3.8, 4) is 5.75 Å². The predicted octanol–water partition coefficient (Wildman–Crippen LogP) is 4.04. The molecule has 0 aromatic heterocycles. The number of amides is 1. The molecule has 1 aromatic rings. The molecule has 7 nitrogen and oxygen atoms in total. The van der Waals surface area contributed by atoms with Crippen LogP contribution in [-0.4, -0.2) is 53.7 Å². The Bertz CT molecular complexity index is 835. The lowest BCUT2D eigenvalue weighted by Gasteiger charge is -2.27. The Hall–Kier alpha value is -2.90. The maximum absolute atomic E-state index is 13.0. The topological polar surface area (TPSA) is 88.4 Å². The molecule has 1 amide bonds. The van der Waals surface area contributed by atoms with E-state index in [1.54, 1.807) is 25.8 Å². The average Bonchev–Trinajstić information content (AvgIpc) is 2.73. The second-order valence-corrected chi connectivity index (χ2v) is 7.72. The van der Waals surface area contributed by atoms with E-state index in [0.29, 0.717) is 37.3 Å². The fourth-order valence-corrected chi connectivity index (χ4v) is 3.48. The van der Waals surface area contributed by atoms with Gasteiger partial charge in [-0.05, 0) is 43.5 Å². The first-order valence-electron chi connectivity index (χ1n) is 10.6. The molecule has 0 spiro atoms. The molecule has 1 aliphatic rings. The molecule has 0 radical (unpaired) electrons. The number of oxime groups is 1. The highest BCUT2D eigenvalue weighted by Gasteiger charge is 2.31. The van der Waals surface area contributed by atoms with Crippen molar-refractivity contribution in [3.05, 3.63) is 41.4 Å². The highest BCUT2D eigenvalue weighted by Crippen LogP contribution is 2.28. The third-order valence-electron chi connectivity index (χ3n) is 5.04. The lowest BCUT2D eigenvalue weighted by Crippen LogP contribution is -2.35. The number of ketones is 1. The summed E-state index contributed by atoms with van der Waals surface area (Å²) in [6.07, 6.45) is 1.01. The number of ether oxygens (including phenoxy) is 1. The zero-order chi connectivity index (χ0) is 23.0. The molecule has 0 aliphatic heterocycles. The van der Waals surface area contributed by atoms with Crippen molar-refractivity contribution in [2.45, 2.75) is 52.6 Å². The van der Waals surface area contributed by atoms with Gasteiger partial charge in [0.05, 0.1) is 11.3 Å². The molecule has 31 heavy (non-hydrogen) atoms. The molecule has 2 atom stereocenters. The van der Waals surface area contributed by atoms with E-state index in [-0.39, 0.29) is 53.9 Å². The maximum atomic E-state index is 13.0. The molecule has 1 aromatic carbocycles. The molecule has 0 bridgehead atoms. The normalized spacial score (nSPS) is 18.0. The van der Waals surface area contributed by atoms with Crippen LogP contribution in [0.4, 0.5) is 4.39 Å². The van der Waals surface area contributed by atoms with Crippen LogP contribution in [-0.2, 0) is 14.4 Å². The lowest BCUT2D eigenvalue weighted by atomic mass is 9.84. The molecule has 0 saturated carbocycles. The van der Waals surface area contributed by atoms with Gasteiger partial charge >= 0.3 is 0 Å². The van der Waals surface area contributed by atoms with Crippen molar-refractivity contribution >= 4 is 17.4 Å². The number of hydrogen-bond donors (Lipinski definition) is 1. The summed E-state index contributed by atoms with van der Waals surface area (Å²) in [4.78, 5) is 31.4. The zero-order valence-electron chi connectivity index (χ0n) is 18.6. The second kappa shape index (κ2) is 11.5. The first-order chi connectivity index (χ1) is 14.7. The van der Waals surface area contributed by atoms with Gasteiger partial charge in [-0.3, -0.25) is 9.59 Å². The van der Waals surface area contributed by atoms with Gasteiger partial charge in [0, 0.05) is 32.9 Å². The molecule has 2 unspecified atom stereocenters. The number of aliphatic hydroxyl groups is 1. The largest absolute Gasteiger partial charge is 0.511 e. The standard InChI is InChI=1S/C23H31FN2O5/c1-5-19(25-30-14-15(3)31-18-9-7-17(24)8-10-18)23-20(27)11-16(12-21(23)28)13-26(4)22(29)6-2/h7-10,15-16,27H,5-6,11-14H2,1-4H3. The minimum Gasteiger partial charge on any atom is -0.511 e. The molecular formula is C23H31FN2O5. The van der Waals surface area contributed by atoms with Gasteiger partial charge in [0.1, 0.15) is 23.4 Å². The summed E-state index contributed by atoms with van der Waals surface area (Å²) in [6.45, 7) is 5.94. The van der Waals surface area contributed by atoms with Crippen LogP contribution in [0.15, 0.2) is 40.8 Å². The summed E-state index contributed by atoms with van der Waals surface area (Å²) in [5.74, 6) is -0.172. The summed E-state index contributed by atoms with van der Waals surface area (Å²) >= 11 is 0. The van der Waals surface area contributed by atoms with Crippen molar-refractivity contribution in [2.75, 3.05) is 20.2 Å². The first kappa shape index (κ1) is 24.4. The molecule has 0 fully saturated rings. The number of hydrogen-bond acceptors (Lipinski definition) is 6. The number of nitrogens with zero attached hydrogens (tertiary/aromatic N) is 2. The van der Waals surface area contributed by atoms with E-state index >= 15 is 0 Å². The summed E-state index contributed by atoms with van der Waals surface area (Å²) in [6, 6.07) is 5.67. The van der Waals surface area contributed by atoms with Crippen LogP contribution in [0.1, 0.15) is 46.5 Å². The van der Waals surface area contributed by atoms with Gasteiger partial charge in [-0.1, -0.05) is 19.0 Å². The number of rotatable bonds is 10. The van der Waals surface area contributed by atoms with Gasteiger partial charge in [0.15, 0.2) is 12.4 Å². The summed E-state index contributed by atoms with van der Waals surface area (Å²) in [5.41, 5.74) is 0.586. The molecular weight excluding hydrogens is 403 g/mol. The molecule has 1 N–H and O–H groups in total. The zero-order valence-corrected chi connectivity index (χ0v) is 18.6. The van der Waals surface area contributed by atoms with E-state index in [9.17, 15) is 19.1 Å². The van der Waals surface area contributed by atoms with Crippen LogP contribution in [0.2, 0.25) is 0 Å². The van der Waals surface area contributed by atoms with Crippen molar-refractivity contribution in [1.82, 2.24) is 4.90 Å². The number of carbonyl (C=O) groups excluding carboxylic acids is 2. The molecule has 8 heteroatoms. The van der Waals surface area contributed by atoms with Crippen LogP contribution >= 0.6 is 0 Å². The summed E-state index contributed by atoms with van der Waals surface area (Å²) in [7, 11) is 1.70. The van der Waals surface area contributed by atoms with Crippen molar-refractivity contribution < 1.29 is 28.7 Å². The van der Waals surface area contributed by atoms with E-state index in [2.05, 4.69) is 5.16 Å². The van der Waals surface area contributed by atoms with Gasteiger partial charge in [-0.15, -0.1) is 0 Å². The van der Waals surface area contributed by atoms with Crippen LogP contribution in [0, 0.1) is 11.7 Å². The summed E-state index contributed by atoms with van der Waals surface area (Å²) < 4.78 is 18.6. The molecule has 1 aliphatic carbocycles. The predicted molar refractivity (Wildman–Crippen MR) is 115 cm³/mol. The quantitative estimate of drug-likeness (QED) is 0.444. The second-order valence-electron chi connectivity index (χ2n) is 7.72. The minimum atomic E-state index is -0.354. The monoisotopic (exact) mass is 434 g/mol. The highest BCUT2D eigenvalue weighted by atomic mass is 19.1. The van der Waals surface area contributed by atoms with E-state index < -0.39 is 0 Å².